The van der Waals surface area contributed by atoms with E-state index in [4.69, 9.17) is 4.74 Å². The zero-order chi connectivity index (χ0) is 16.5. The van der Waals surface area contributed by atoms with E-state index in [-0.39, 0.29) is 11.8 Å². The third-order valence-electron chi connectivity index (χ3n) is 4.19. The number of carbonyl (C=O) groups excluding carboxylic acids is 1. The molecule has 0 spiro atoms. The van der Waals surface area contributed by atoms with Crippen molar-refractivity contribution >= 4 is 11.7 Å². The average Bonchev–Trinajstić information content (AvgIpc) is 3.05. The van der Waals surface area contributed by atoms with Crippen molar-refractivity contribution < 1.29 is 9.53 Å². The highest BCUT2D eigenvalue weighted by Gasteiger charge is 2.31. The van der Waals surface area contributed by atoms with Crippen LogP contribution in [-0.2, 0) is 4.79 Å². The van der Waals surface area contributed by atoms with Gasteiger partial charge in [-0.3, -0.25) is 14.3 Å². The molecule has 4 rings (SSSR count). The van der Waals surface area contributed by atoms with Crippen LogP contribution in [0.15, 0.2) is 55.1 Å². The quantitative estimate of drug-likeness (QED) is 0.805. The van der Waals surface area contributed by atoms with E-state index in [0.717, 1.165) is 22.7 Å². The van der Waals surface area contributed by atoms with E-state index in [1.807, 2.05) is 41.0 Å². The summed E-state index contributed by atoms with van der Waals surface area (Å²) in [6, 6.07) is 11.5. The molecule has 3 heterocycles. The molecule has 1 atom stereocenters. The number of anilines is 1. The largest absolute Gasteiger partial charge is 0.497 e. The number of aromatic nitrogens is 3. The molecule has 6 heteroatoms. The molecule has 1 aromatic carbocycles. The summed E-state index contributed by atoms with van der Waals surface area (Å²) >= 11 is 0. The van der Waals surface area contributed by atoms with Crippen LogP contribution in [0.4, 0.5) is 5.82 Å². The van der Waals surface area contributed by atoms with Crippen LogP contribution in [0.5, 0.6) is 5.75 Å². The average molecular weight is 320 g/mol. The number of nitrogens with zero attached hydrogens (tertiary/aromatic N) is 3. The fraction of sp³-hybridized carbons (Fsp3) is 0.167. The lowest BCUT2D eigenvalue weighted by Gasteiger charge is -2.23. The number of pyridine rings is 1. The van der Waals surface area contributed by atoms with Gasteiger partial charge in [-0.15, -0.1) is 0 Å². The summed E-state index contributed by atoms with van der Waals surface area (Å²) < 4.78 is 7.15. The Labute approximate surface area is 139 Å². The normalized spacial score (nSPS) is 16.4. The van der Waals surface area contributed by atoms with E-state index in [1.54, 1.807) is 25.8 Å². The minimum Gasteiger partial charge on any atom is -0.497 e. The number of methoxy groups -OCH3 is 1. The van der Waals surface area contributed by atoms with Gasteiger partial charge in [-0.1, -0.05) is 12.1 Å². The number of carbonyl (C=O) groups is 1. The fourth-order valence-corrected chi connectivity index (χ4v) is 3.02. The van der Waals surface area contributed by atoms with Gasteiger partial charge in [-0.2, -0.15) is 0 Å². The molecule has 1 amide bonds. The predicted octanol–water partition coefficient (Wildman–Crippen LogP) is 2.75. The molecule has 0 bridgehead atoms. The lowest BCUT2D eigenvalue weighted by Crippen LogP contribution is -2.25. The second-order valence-corrected chi connectivity index (χ2v) is 5.64. The monoisotopic (exact) mass is 320 g/mol. The SMILES string of the molecule is COc1cccc(-n2cnc3c2NC(=O)C[C@H]3c2cccnc2)c1. The highest BCUT2D eigenvalue weighted by atomic mass is 16.5. The van der Waals surface area contributed by atoms with Gasteiger partial charge in [0, 0.05) is 30.8 Å². The molecule has 0 saturated heterocycles. The van der Waals surface area contributed by atoms with Crippen LogP contribution in [0, 0.1) is 0 Å². The molecule has 0 aliphatic carbocycles. The molecule has 0 saturated carbocycles. The summed E-state index contributed by atoms with van der Waals surface area (Å²) in [5.41, 5.74) is 2.73. The molecular weight excluding hydrogens is 304 g/mol. The van der Waals surface area contributed by atoms with E-state index in [9.17, 15) is 4.79 Å². The van der Waals surface area contributed by atoms with Crippen molar-refractivity contribution in [2.75, 3.05) is 12.4 Å². The number of ether oxygens (including phenoxy) is 1. The maximum absolute atomic E-state index is 12.2. The van der Waals surface area contributed by atoms with Crippen molar-refractivity contribution in [1.29, 1.82) is 0 Å². The summed E-state index contributed by atoms with van der Waals surface area (Å²) in [6.45, 7) is 0. The highest BCUT2D eigenvalue weighted by Crippen LogP contribution is 2.37. The highest BCUT2D eigenvalue weighted by molar-refractivity contribution is 5.94. The van der Waals surface area contributed by atoms with Gasteiger partial charge in [-0.25, -0.2) is 4.98 Å². The number of fused-ring (bicyclic) bond motifs is 1. The van der Waals surface area contributed by atoms with Crippen molar-refractivity contribution in [2.24, 2.45) is 0 Å². The van der Waals surface area contributed by atoms with E-state index in [2.05, 4.69) is 15.3 Å². The van der Waals surface area contributed by atoms with Crippen LogP contribution in [-0.4, -0.2) is 27.6 Å². The molecule has 0 fully saturated rings. The Kier molecular flexibility index (Phi) is 3.49. The molecule has 3 aromatic rings. The van der Waals surface area contributed by atoms with Crippen molar-refractivity contribution in [1.82, 2.24) is 14.5 Å². The predicted molar refractivity (Wildman–Crippen MR) is 89.4 cm³/mol. The van der Waals surface area contributed by atoms with Crippen LogP contribution in [0.3, 0.4) is 0 Å². The Morgan fingerprint density at radius 2 is 2.21 bits per heavy atom. The molecule has 120 valence electrons. The van der Waals surface area contributed by atoms with E-state index >= 15 is 0 Å². The first-order valence-electron chi connectivity index (χ1n) is 7.67. The van der Waals surface area contributed by atoms with Gasteiger partial charge in [0.15, 0.2) is 0 Å². The minimum atomic E-state index is -0.0886. The Balaban J connectivity index is 1.81. The molecule has 0 unspecified atom stereocenters. The van der Waals surface area contributed by atoms with E-state index in [0.29, 0.717) is 12.2 Å². The van der Waals surface area contributed by atoms with E-state index in [1.165, 1.54) is 0 Å². The van der Waals surface area contributed by atoms with Crippen molar-refractivity contribution in [2.45, 2.75) is 12.3 Å². The molecule has 1 aliphatic rings. The maximum Gasteiger partial charge on any atom is 0.226 e. The Hall–Kier alpha value is -3.15. The first kappa shape index (κ1) is 14.4. The third-order valence-corrected chi connectivity index (χ3v) is 4.19. The zero-order valence-corrected chi connectivity index (χ0v) is 13.1. The lowest BCUT2D eigenvalue weighted by atomic mass is 9.91. The molecular formula is C18H16N4O2. The number of hydrogen-bond donors (Lipinski definition) is 1. The molecule has 2 aromatic heterocycles. The smallest absolute Gasteiger partial charge is 0.226 e. The van der Waals surface area contributed by atoms with Crippen molar-refractivity contribution in [3.8, 4) is 11.4 Å². The number of nitrogens with one attached hydrogen (secondary N) is 1. The van der Waals surface area contributed by atoms with Gasteiger partial charge < -0.3 is 10.1 Å². The van der Waals surface area contributed by atoms with Crippen LogP contribution in [0.25, 0.3) is 5.69 Å². The van der Waals surface area contributed by atoms with Gasteiger partial charge in [-0.05, 0) is 23.8 Å². The first-order valence-corrected chi connectivity index (χ1v) is 7.67. The summed E-state index contributed by atoms with van der Waals surface area (Å²) in [5, 5.41) is 2.94. The second kappa shape index (κ2) is 5.81. The lowest BCUT2D eigenvalue weighted by molar-refractivity contribution is -0.116. The van der Waals surface area contributed by atoms with Crippen molar-refractivity contribution in [3.05, 3.63) is 66.4 Å². The third kappa shape index (κ3) is 2.42. The fourth-order valence-electron chi connectivity index (χ4n) is 3.02. The maximum atomic E-state index is 12.2. The molecule has 24 heavy (non-hydrogen) atoms. The molecule has 6 nitrogen and oxygen atoms in total. The van der Waals surface area contributed by atoms with Gasteiger partial charge >= 0.3 is 0 Å². The summed E-state index contributed by atoms with van der Waals surface area (Å²) in [6.07, 6.45) is 5.61. The topological polar surface area (TPSA) is 69.0 Å². The minimum absolute atomic E-state index is 0.0269. The van der Waals surface area contributed by atoms with Crippen LogP contribution in [0.2, 0.25) is 0 Å². The number of imidazole rings is 1. The second-order valence-electron chi connectivity index (χ2n) is 5.64. The summed E-state index contributed by atoms with van der Waals surface area (Å²) in [4.78, 5) is 20.9. The Bertz CT molecular complexity index is 889. The Morgan fingerprint density at radius 1 is 1.29 bits per heavy atom. The van der Waals surface area contributed by atoms with Crippen LogP contribution in [0.1, 0.15) is 23.6 Å². The zero-order valence-electron chi connectivity index (χ0n) is 13.1. The Morgan fingerprint density at radius 3 is 3.00 bits per heavy atom. The first-order chi connectivity index (χ1) is 11.8. The molecule has 1 N–H and O–H groups in total. The number of rotatable bonds is 3. The molecule has 1 aliphatic heterocycles. The number of amides is 1. The van der Waals surface area contributed by atoms with Gasteiger partial charge in [0.1, 0.15) is 17.9 Å². The van der Waals surface area contributed by atoms with Gasteiger partial charge in [0.25, 0.3) is 0 Å². The molecule has 0 radical (unpaired) electrons. The van der Waals surface area contributed by atoms with Gasteiger partial charge in [0.2, 0.25) is 5.91 Å². The van der Waals surface area contributed by atoms with Crippen molar-refractivity contribution in [3.63, 3.8) is 0 Å². The van der Waals surface area contributed by atoms with Crippen LogP contribution < -0.4 is 10.1 Å². The van der Waals surface area contributed by atoms with Gasteiger partial charge in [0.05, 0.1) is 18.5 Å². The number of benzene rings is 1. The summed E-state index contributed by atoms with van der Waals surface area (Å²) in [5.74, 6) is 1.34. The van der Waals surface area contributed by atoms with E-state index < -0.39 is 0 Å². The number of hydrogen-bond acceptors (Lipinski definition) is 4. The summed E-state index contributed by atoms with van der Waals surface area (Å²) in [7, 11) is 1.63. The standard InChI is InChI=1S/C18H16N4O2/c1-24-14-6-2-5-13(8-14)22-11-20-17-15(9-16(23)21-18(17)22)12-4-3-7-19-10-12/h2-8,10-11,15H,9H2,1H3,(H,21,23)/t15-/m0/s1. The van der Waals surface area contributed by atoms with Crippen LogP contribution >= 0.6 is 0 Å².